The molecule has 0 bridgehead atoms. The van der Waals surface area contributed by atoms with Gasteiger partial charge in [0.05, 0.1) is 12.7 Å². The van der Waals surface area contributed by atoms with Crippen LogP contribution in [0.3, 0.4) is 0 Å². The van der Waals surface area contributed by atoms with Crippen molar-refractivity contribution in [1.29, 1.82) is 0 Å². The van der Waals surface area contributed by atoms with E-state index >= 15 is 0 Å². The Hall–Kier alpha value is -0.610. The molecule has 2 heterocycles. The topological polar surface area (TPSA) is 35.6 Å². The monoisotopic (exact) mass is 239 g/mol. The zero-order valence-corrected chi connectivity index (χ0v) is 11.1. The number of rotatable bonds is 4. The molecule has 0 aliphatic carbocycles. The highest BCUT2D eigenvalue weighted by atomic mass is 16.2. The van der Waals surface area contributed by atoms with Crippen LogP contribution in [0.15, 0.2) is 0 Å². The molecule has 1 N–H and O–H groups in total. The molecule has 0 saturated carbocycles. The Morgan fingerprint density at radius 3 is 2.65 bits per heavy atom. The summed E-state index contributed by atoms with van der Waals surface area (Å²) in [5, 5.41) is 3.28. The molecule has 17 heavy (non-hydrogen) atoms. The predicted molar refractivity (Wildman–Crippen MR) is 68.7 cm³/mol. The van der Waals surface area contributed by atoms with Crippen LogP contribution < -0.4 is 5.32 Å². The van der Waals surface area contributed by atoms with Crippen LogP contribution in [0.1, 0.15) is 39.5 Å². The highest BCUT2D eigenvalue weighted by molar-refractivity contribution is 5.83. The number of nitrogens with zero attached hydrogens (tertiary/aromatic N) is 2. The van der Waals surface area contributed by atoms with Crippen molar-refractivity contribution in [2.24, 2.45) is 0 Å². The molecule has 4 heteroatoms. The summed E-state index contributed by atoms with van der Waals surface area (Å²) in [7, 11) is 0. The van der Waals surface area contributed by atoms with Gasteiger partial charge < -0.3 is 9.80 Å². The minimum absolute atomic E-state index is 0.0544. The van der Waals surface area contributed by atoms with Crippen LogP contribution in [0.5, 0.6) is 0 Å². The summed E-state index contributed by atoms with van der Waals surface area (Å²) >= 11 is 0. The molecule has 0 radical (unpaired) electrons. The summed E-state index contributed by atoms with van der Waals surface area (Å²) in [5.74, 6) is 0.289. The largest absolute Gasteiger partial charge is 0.325 e. The van der Waals surface area contributed by atoms with E-state index in [0.29, 0.717) is 6.04 Å². The normalized spacial score (nSPS) is 28.7. The molecule has 1 amide bonds. The Balaban J connectivity index is 1.83. The lowest BCUT2D eigenvalue weighted by Gasteiger charge is -2.32. The fourth-order valence-electron chi connectivity index (χ4n) is 2.88. The van der Waals surface area contributed by atoms with E-state index in [-0.39, 0.29) is 11.9 Å². The molecular formula is C13H25N3O. The number of piperidine rings is 1. The average molecular weight is 239 g/mol. The van der Waals surface area contributed by atoms with Crippen LogP contribution >= 0.6 is 0 Å². The maximum Gasteiger partial charge on any atom is 0.241 e. The van der Waals surface area contributed by atoms with Crippen molar-refractivity contribution in [3.63, 3.8) is 0 Å². The molecule has 2 rings (SSSR count). The number of likely N-dealkylation sites (tertiary alicyclic amines) is 1. The lowest BCUT2D eigenvalue weighted by Crippen LogP contribution is -2.45. The third-order valence-electron chi connectivity index (χ3n) is 4.00. The van der Waals surface area contributed by atoms with Crippen LogP contribution in [-0.4, -0.2) is 54.1 Å². The molecule has 2 aliphatic rings. The lowest BCUT2D eigenvalue weighted by molar-refractivity contribution is -0.131. The number of carbonyl (C=O) groups is 1. The van der Waals surface area contributed by atoms with Gasteiger partial charge >= 0.3 is 0 Å². The minimum atomic E-state index is 0.0544. The Morgan fingerprint density at radius 2 is 2.06 bits per heavy atom. The Bertz CT molecular complexity index is 263. The summed E-state index contributed by atoms with van der Waals surface area (Å²) in [6, 6.07) is 0.392. The highest BCUT2D eigenvalue weighted by Gasteiger charge is 2.33. The predicted octanol–water partition coefficient (Wildman–Crippen LogP) is 1.03. The molecule has 98 valence electrons. The quantitative estimate of drug-likeness (QED) is 0.796. The van der Waals surface area contributed by atoms with Gasteiger partial charge in [0.1, 0.15) is 0 Å². The van der Waals surface area contributed by atoms with Gasteiger partial charge in [0.25, 0.3) is 0 Å². The highest BCUT2D eigenvalue weighted by Crippen LogP contribution is 2.14. The smallest absolute Gasteiger partial charge is 0.241 e. The van der Waals surface area contributed by atoms with Gasteiger partial charge in [0.15, 0.2) is 0 Å². The maximum absolute atomic E-state index is 12.1. The van der Waals surface area contributed by atoms with Gasteiger partial charge in [-0.1, -0.05) is 13.3 Å². The third kappa shape index (κ3) is 2.99. The van der Waals surface area contributed by atoms with Crippen molar-refractivity contribution in [1.82, 2.24) is 15.1 Å². The summed E-state index contributed by atoms with van der Waals surface area (Å²) < 4.78 is 0. The first kappa shape index (κ1) is 12.8. The fourth-order valence-corrected chi connectivity index (χ4v) is 2.88. The molecule has 0 aromatic carbocycles. The van der Waals surface area contributed by atoms with Crippen molar-refractivity contribution in [2.45, 2.75) is 51.6 Å². The standard InChI is InChI=1S/C13H25N3O/c1-3-12-13(17)16(10-14-12)11(2)9-15-7-5-4-6-8-15/h11-12,14H,3-10H2,1-2H3. The van der Waals surface area contributed by atoms with E-state index in [1.807, 2.05) is 4.90 Å². The van der Waals surface area contributed by atoms with E-state index < -0.39 is 0 Å². The minimum Gasteiger partial charge on any atom is -0.325 e. The van der Waals surface area contributed by atoms with E-state index in [9.17, 15) is 4.79 Å². The zero-order chi connectivity index (χ0) is 12.3. The third-order valence-corrected chi connectivity index (χ3v) is 4.00. The first-order valence-electron chi connectivity index (χ1n) is 6.98. The van der Waals surface area contributed by atoms with Crippen LogP contribution in [0.2, 0.25) is 0 Å². The van der Waals surface area contributed by atoms with Crippen molar-refractivity contribution >= 4 is 5.91 Å². The van der Waals surface area contributed by atoms with Gasteiger partial charge in [0, 0.05) is 12.6 Å². The van der Waals surface area contributed by atoms with E-state index in [4.69, 9.17) is 0 Å². The van der Waals surface area contributed by atoms with Crippen LogP contribution in [0, 0.1) is 0 Å². The summed E-state index contributed by atoms with van der Waals surface area (Å²) in [6.45, 7) is 8.41. The number of hydrogen-bond donors (Lipinski definition) is 1. The van der Waals surface area contributed by atoms with Crippen LogP contribution in [0.4, 0.5) is 0 Å². The first-order chi connectivity index (χ1) is 8.22. The molecule has 0 aromatic rings. The number of nitrogens with one attached hydrogen (secondary N) is 1. The van der Waals surface area contributed by atoms with Crippen molar-refractivity contribution < 1.29 is 4.79 Å². The summed E-state index contributed by atoms with van der Waals surface area (Å²) in [6.07, 6.45) is 4.89. The van der Waals surface area contributed by atoms with Gasteiger partial charge in [-0.2, -0.15) is 0 Å². The van der Waals surface area contributed by atoms with Crippen LogP contribution in [0.25, 0.3) is 0 Å². The molecule has 2 atom stereocenters. The van der Waals surface area contributed by atoms with Gasteiger partial charge in [-0.25, -0.2) is 0 Å². The number of carbonyl (C=O) groups excluding carboxylic acids is 1. The molecule has 2 saturated heterocycles. The molecule has 2 aliphatic heterocycles. The molecule has 2 fully saturated rings. The van der Waals surface area contributed by atoms with E-state index in [1.165, 1.54) is 32.4 Å². The Labute approximate surface area is 104 Å². The van der Waals surface area contributed by atoms with Gasteiger partial charge in [-0.3, -0.25) is 10.1 Å². The van der Waals surface area contributed by atoms with Gasteiger partial charge in [0.2, 0.25) is 5.91 Å². The second-order valence-electron chi connectivity index (χ2n) is 5.34. The second kappa shape index (κ2) is 5.83. The molecule has 4 nitrogen and oxygen atoms in total. The maximum atomic E-state index is 12.1. The Morgan fingerprint density at radius 1 is 1.35 bits per heavy atom. The first-order valence-corrected chi connectivity index (χ1v) is 6.98. The van der Waals surface area contributed by atoms with E-state index in [0.717, 1.165) is 19.6 Å². The SMILES string of the molecule is CCC1NCN(C(C)CN2CCCCC2)C1=O. The summed E-state index contributed by atoms with van der Waals surface area (Å²) in [5.41, 5.74) is 0. The van der Waals surface area contributed by atoms with Crippen molar-refractivity contribution in [3.05, 3.63) is 0 Å². The van der Waals surface area contributed by atoms with E-state index in [1.54, 1.807) is 0 Å². The molecule has 2 unspecified atom stereocenters. The zero-order valence-electron chi connectivity index (χ0n) is 11.1. The van der Waals surface area contributed by atoms with Crippen molar-refractivity contribution in [3.8, 4) is 0 Å². The lowest BCUT2D eigenvalue weighted by atomic mass is 10.1. The summed E-state index contributed by atoms with van der Waals surface area (Å²) in [4.78, 5) is 16.6. The number of amides is 1. The van der Waals surface area contributed by atoms with Gasteiger partial charge in [-0.15, -0.1) is 0 Å². The average Bonchev–Trinajstić information content (AvgIpc) is 2.71. The Kier molecular flexibility index (Phi) is 4.40. The molecule has 0 aromatic heterocycles. The fraction of sp³-hybridized carbons (Fsp3) is 0.923. The van der Waals surface area contributed by atoms with Gasteiger partial charge in [-0.05, 0) is 39.3 Å². The molecule has 0 spiro atoms. The van der Waals surface area contributed by atoms with Crippen LogP contribution in [-0.2, 0) is 4.79 Å². The molecular weight excluding hydrogens is 214 g/mol. The number of hydrogen-bond acceptors (Lipinski definition) is 3. The second-order valence-corrected chi connectivity index (χ2v) is 5.34. The van der Waals surface area contributed by atoms with Crippen molar-refractivity contribution in [2.75, 3.05) is 26.3 Å². The van der Waals surface area contributed by atoms with E-state index in [2.05, 4.69) is 24.1 Å².